The zero-order chi connectivity index (χ0) is 10.8. The average Bonchev–Trinajstić information content (AvgIpc) is 2.57. The van der Waals surface area contributed by atoms with Gasteiger partial charge >= 0.3 is 0 Å². The third kappa shape index (κ3) is 1.71. The third-order valence-electron chi connectivity index (χ3n) is 2.40. The average molecular weight is 206 g/mol. The molecule has 0 fully saturated rings. The highest BCUT2D eigenvalue weighted by atomic mass is 16.5. The minimum atomic E-state index is -0.201. The van der Waals surface area contributed by atoms with Gasteiger partial charge in [0.2, 0.25) is 0 Å². The van der Waals surface area contributed by atoms with Gasteiger partial charge in [-0.2, -0.15) is 0 Å². The molecule has 2 rings (SSSR count). The first-order valence-electron chi connectivity index (χ1n) is 4.75. The molecule has 5 heteroatoms. The fraction of sp³-hybridized carbons (Fsp3) is 0.400. The van der Waals surface area contributed by atoms with Crippen LogP contribution in [0.3, 0.4) is 0 Å². The maximum absolute atomic E-state index is 5.94. The number of rotatable bonds is 3. The van der Waals surface area contributed by atoms with Gasteiger partial charge in [-0.25, -0.2) is 4.98 Å². The van der Waals surface area contributed by atoms with Crippen molar-refractivity contribution in [2.45, 2.75) is 6.04 Å². The highest BCUT2D eigenvalue weighted by Gasteiger charge is 2.14. The van der Waals surface area contributed by atoms with Crippen LogP contribution in [0.2, 0.25) is 0 Å². The molecule has 2 N–H and O–H groups in total. The van der Waals surface area contributed by atoms with Crippen LogP contribution in [0.25, 0.3) is 11.0 Å². The molecule has 0 saturated heterocycles. The molecule has 1 atom stereocenters. The second kappa shape index (κ2) is 3.96. The first kappa shape index (κ1) is 10.1. The van der Waals surface area contributed by atoms with Gasteiger partial charge in [0.15, 0.2) is 0 Å². The second-order valence-electron chi connectivity index (χ2n) is 3.46. The van der Waals surface area contributed by atoms with Crippen LogP contribution in [-0.2, 0) is 11.8 Å². The zero-order valence-electron chi connectivity index (χ0n) is 8.84. The van der Waals surface area contributed by atoms with E-state index in [0.717, 1.165) is 16.9 Å². The van der Waals surface area contributed by atoms with Gasteiger partial charge in [0.25, 0.3) is 0 Å². The summed E-state index contributed by atoms with van der Waals surface area (Å²) in [5, 5.41) is 0. The van der Waals surface area contributed by atoms with Crippen molar-refractivity contribution in [2.75, 3.05) is 13.7 Å². The van der Waals surface area contributed by atoms with Crippen molar-refractivity contribution in [3.8, 4) is 0 Å². The molecule has 0 spiro atoms. The van der Waals surface area contributed by atoms with Gasteiger partial charge in [-0.15, -0.1) is 0 Å². The molecule has 0 aliphatic carbocycles. The topological polar surface area (TPSA) is 66.0 Å². The number of hydrogen-bond donors (Lipinski definition) is 1. The van der Waals surface area contributed by atoms with Crippen molar-refractivity contribution < 1.29 is 4.74 Å². The number of pyridine rings is 1. The van der Waals surface area contributed by atoms with E-state index in [1.54, 1.807) is 19.5 Å². The monoisotopic (exact) mass is 206 g/mol. The van der Waals surface area contributed by atoms with Crippen molar-refractivity contribution in [3.63, 3.8) is 0 Å². The third-order valence-corrected chi connectivity index (χ3v) is 2.40. The van der Waals surface area contributed by atoms with E-state index in [2.05, 4.69) is 9.97 Å². The van der Waals surface area contributed by atoms with E-state index in [1.807, 2.05) is 17.7 Å². The summed E-state index contributed by atoms with van der Waals surface area (Å²) in [6.45, 7) is 0.463. The summed E-state index contributed by atoms with van der Waals surface area (Å²) in [6.07, 6.45) is 3.51. The molecule has 0 radical (unpaired) electrons. The molecular weight excluding hydrogens is 192 g/mol. The fourth-order valence-corrected chi connectivity index (χ4v) is 1.64. The number of methoxy groups -OCH3 is 1. The molecule has 2 aromatic heterocycles. The number of hydrogen-bond acceptors (Lipinski definition) is 4. The van der Waals surface area contributed by atoms with Crippen molar-refractivity contribution in [1.82, 2.24) is 14.5 Å². The maximum Gasteiger partial charge on any atom is 0.129 e. The number of ether oxygens (including phenoxy) is 1. The van der Waals surface area contributed by atoms with Crippen LogP contribution >= 0.6 is 0 Å². The van der Waals surface area contributed by atoms with Crippen LogP contribution in [0.1, 0.15) is 11.9 Å². The quantitative estimate of drug-likeness (QED) is 0.799. The highest BCUT2D eigenvalue weighted by molar-refractivity contribution is 5.74. The SMILES string of the molecule is COCC(N)c1nc2ccncc2n1C. The Bertz CT molecular complexity index is 465. The maximum atomic E-state index is 5.94. The Hall–Kier alpha value is -1.46. The van der Waals surface area contributed by atoms with Crippen LogP contribution in [-0.4, -0.2) is 28.3 Å². The first-order chi connectivity index (χ1) is 7.24. The smallest absolute Gasteiger partial charge is 0.129 e. The van der Waals surface area contributed by atoms with E-state index < -0.39 is 0 Å². The van der Waals surface area contributed by atoms with Gasteiger partial charge in [-0.05, 0) is 6.07 Å². The lowest BCUT2D eigenvalue weighted by Gasteiger charge is -2.09. The molecule has 0 aliphatic rings. The van der Waals surface area contributed by atoms with Gasteiger partial charge in [0, 0.05) is 20.4 Å². The standard InChI is InChI=1S/C10H14N4O/c1-14-9-5-12-4-3-8(9)13-10(14)7(11)6-15-2/h3-5,7H,6,11H2,1-2H3. The summed E-state index contributed by atoms with van der Waals surface area (Å²) < 4.78 is 6.97. The molecular formula is C10H14N4O. The van der Waals surface area contributed by atoms with E-state index in [0.29, 0.717) is 6.61 Å². The first-order valence-corrected chi connectivity index (χ1v) is 4.75. The van der Waals surface area contributed by atoms with Gasteiger partial charge < -0.3 is 15.0 Å². The van der Waals surface area contributed by atoms with Crippen LogP contribution in [0.15, 0.2) is 18.5 Å². The van der Waals surface area contributed by atoms with Gasteiger partial charge in [0.1, 0.15) is 5.82 Å². The fourth-order valence-electron chi connectivity index (χ4n) is 1.64. The summed E-state index contributed by atoms with van der Waals surface area (Å²) in [5.74, 6) is 0.819. The van der Waals surface area contributed by atoms with Crippen LogP contribution in [0, 0.1) is 0 Å². The van der Waals surface area contributed by atoms with E-state index in [9.17, 15) is 0 Å². The Morgan fingerprint density at radius 3 is 3.07 bits per heavy atom. The van der Waals surface area contributed by atoms with Crippen molar-refractivity contribution in [2.24, 2.45) is 12.8 Å². The van der Waals surface area contributed by atoms with Crippen LogP contribution in [0.4, 0.5) is 0 Å². The molecule has 2 aromatic rings. The van der Waals surface area contributed by atoms with Crippen molar-refractivity contribution in [3.05, 3.63) is 24.3 Å². The Kier molecular flexibility index (Phi) is 2.66. The Labute approximate surface area is 87.9 Å². The summed E-state index contributed by atoms with van der Waals surface area (Å²) in [4.78, 5) is 8.51. The molecule has 0 aromatic carbocycles. The highest BCUT2D eigenvalue weighted by Crippen LogP contribution is 2.17. The largest absolute Gasteiger partial charge is 0.383 e. The van der Waals surface area contributed by atoms with E-state index in [1.165, 1.54) is 0 Å². The van der Waals surface area contributed by atoms with Gasteiger partial charge in [-0.1, -0.05) is 0 Å². The minimum Gasteiger partial charge on any atom is -0.383 e. The Morgan fingerprint density at radius 1 is 1.60 bits per heavy atom. The normalized spacial score (nSPS) is 13.3. The van der Waals surface area contributed by atoms with Crippen molar-refractivity contribution >= 4 is 11.0 Å². The van der Waals surface area contributed by atoms with Crippen LogP contribution < -0.4 is 5.73 Å². The molecule has 2 heterocycles. The number of nitrogens with two attached hydrogens (primary N) is 1. The van der Waals surface area contributed by atoms with Crippen molar-refractivity contribution in [1.29, 1.82) is 0 Å². The lowest BCUT2D eigenvalue weighted by molar-refractivity contribution is 0.177. The lowest BCUT2D eigenvalue weighted by Crippen LogP contribution is -2.20. The molecule has 5 nitrogen and oxygen atoms in total. The summed E-state index contributed by atoms with van der Waals surface area (Å²) >= 11 is 0. The number of aryl methyl sites for hydroxylation is 1. The summed E-state index contributed by atoms with van der Waals surface area (Å²) in [6, 6.07) is 1.67. The molecule has 1 unspecified atom stereocenters. The Balaban J connectivity index is 2.48. The van der Waals surface area contributed by atoms with Crippen LogP contribution in [0.5, 0.6) is 0 Å². The summed E-state index contributed by atoms with van der Waals surface area (Å²) in [5.41, 5.74) is 7.84. The van der Waals surface area contributed by atoms with Gasteiger partial charge in [-0.3, -0.25) is 4.98 Å². The molecule has 80 valence electrons. The lowest BCUT2D eigenvalue weighted by atomic mass is 10.3. The molecule has 15 heavy (non-hydrogen) atoms. The van der Waals surface area contributed by atoms with E-state index in [-0.39, 0.29) is 6.04 Å². The molecule has 0 saturated carbocycles. The predicted octanol–water partition coefficient (Wildman–Crippen LogP) is 0.615. The number of nitrogens with zero attached hydrogens (tertiary/aromatic N) is 3. The minimum absolute atomic E-state index is 0.201. The predicted molar refractivity (Wildman–Crippen MR) is 57.3 cm³/mol. The van der Waals surface area contributed by atoms with E-state index in [4.69, 9.17) is 10.5 Å². The summed E-state index contributed by atoms with van der Waals surface area (Å²) in [7, 11) is 3.56. The van der Waals surface area contributed by atoms with Gasteiger partial charge in [0.05, 0.1) is 29.9 Å². The van der Waals surface area contributed by atoms with E-state index >= 15 is 0 Å². The molecule has 0 bridgehead atoms. The Morgan fingerprint density at radius 2 is 2.40 bits per heavy atom. The molecule has 0 amide bonds. The number of aromatic nitrogens is 3. The molecule has 0 aliphatic heterocycles. The number of fused-ring (bicyclic) bond motifs is 1. The zero-order valence-corrected chi connectivity index (χ0v) is 8.84. The number of imidazole rings is 1. The second-order valence-corrected chi connectivity index (χ2v) is 3.46.